The monoisotopic (exact) mass is 252 g/mol. The molecule has 1 aromatic heterocycles. The highest BCUT2D eigenvalue weighted by Gasteiger charge is 2.13. The molecule has 0 saturated heterocycles. The summed E-state index contributed by atoms with van der Waals surface area (Å²) in [5.74, 6) is 0.843. The van der Waals surface area contributed by atoms with Crippen molar-refractivity contribution < 1.29 is 9.53 Å². The standard InChI is InChI=1S/C12H20N4O2/c1-4-7-14-11(17)8(2)15-10-6-5-9(13)12(16-10)18-3/h5-6,8H,4,7,13H2,1-3H3,(H,14,17)(H,15,16). The molecule has 0 aromatic carbocycles. The average molecular weight is 252 g/mol. The molecule has 4 N–H and O–H groups in total. The number of methoxy groups -OCH3 is 1. The van der Waals surface area contributed by atoms with Gasteiger partial charge in [-0.05, 0) is 25.5 Å². The Hall–Kier alpha value is -1.98. The summed E-state index contributed by atoms with van der Waals surface area (Å²) in [6.45, 7) is 4.45. The minimum atomic E-state index is -0.364. The van der Waals surface area contributed by atoms with Crippen LogP contribution in [-0.4, -0.2) is 30.6 Å². The number of carbonyl (C=O) groups excluding carboxylic acids is 1. The molecule has 6 heteroatoms. The maximum Gasteiger partial charge on any atom is 0.242 e. The predicted octanol–water partition coefficient (Wildman–Crippen LogP) is 0.999. The summed E-state index contributed by atoms with van der Waals surface area (Å²) >= 11 is 0. The number of rotatable bonds is 6. The summed E-state index contributed by atoms with van der Waals surface area (Å²) < 4.78 is 5.02. The molecule has 6 nitrogen and oxygen atoms in total. The summed E-state index contributed by atoms with van der Waals surface area (Å²) in [5, 5.41) is 5.80. The first-order chi connectivity index (χ1) is 8.58. The van der Waals surface area contributed by atoms with Crippen molar-refractivity contribution in [3.8, 4) is 5.88 Å². The second-order valence-corrected chi connectivity index (χ2v) is 3.95. The van der Waals surface area contributed by atoms with Crippen molar-refractivity contribution in [2.75, 3.05) is 24.7 Å². The molecule has 0 fully saturated rings. The van der Waals surface area contributed by atoms with Gasteiger partial charge in [-0.3, -0.25) is 4.79 Å². The van der Waals surface area contributed by atoms with E-state index in [4.69, 9.17) is 10.5 Å². The van der Waals surface area contributed by atoms with Gasteiger partial charge in [0.25, 0.3) is 0 Å². The van der Waals surface area contributed by atoms with E-state index >= 15 is 0 Å². The van der Waals surface area contributed by atoms with Crippen LogP contribution in [0.4, 0.5) is 11.5 Å². The van der Waals surface area contributed by atoms with Gasteiger partial charge in [0.15, 0.2) is 0 Å². The molecule has 1 atom stereocenters. The van der Waals surface area contributed by atoms with E-state index in [-0.39, 0.29) is 11.9 Å². The minimum Gasteiger partial charge on any atom is -0.479 e. The van der Waals surface area contributed by atoms with Crippen LogP contribution in [0.3, 0.4) is 0 Å². The van der Waals surface area contributed by atoms with Crippen LogP contribution in [0.5, 0.6) is 5.88 Å². The topological polar surface area (TPSA) is 89.3 Å². The van der Waals surface area contributed by atoms with Crippen LogP contribution in [-0.2, 0) is 4.79 Å². The summed E-state index contributed by atoms with van der Waals surface area (Å²) in [5.41, 5.74) is 6.13. The van der Waals surface area contributed by atoms with Crippen molar-refractivity contribution in [3.05, 3.63) is 12.1 Å². The normalized spacial score (nSPS) is 11.7. The van der Waals surface area contributed by atoms with Gasteiger partial charge in [0.1, 0.15) is 11.9 Å². The molecular formula is C12H20N4O2. The lowest BCUT2D eigenvalue weighted by atomic mass is 10.3. The number of nitrogens with one attached hydrogen (secondary N) is 2. The Kier molecular flexibility index (Phi) is 5.23. The van der Waals surface area contributed by atoms with Gasteiger partial charge < -0.3 is 21.1 Å². The van der Waals surface area contributed by atoms with Gasteiger partial charge in [0.05, 0.1) is 12.8 Å². The molecule has 0 saturated carbocycles. The second kappa shape index (κ2) is 6.68. The molecule has 1 aromatic rings. The third kappa shape index (κ3) is 3.80. The van der Waals surface area contributed by atoms with Crippen LogP contribution in [0.1, 0.15) is 20.3 Å². The van der Waals surface area contributed by atoms with E-state index in [0.29, 0.717) is 23.9 Å². The van der Waals surface area contributed by atoms with Crippen LogP contribution < -0.4 is 21.1 Å². The molecule has 1 unspecified atom stereocenters. The van der Waals surface area contributed by atoms with E-state index in [9.17, 15) is 4.79 Å². The zero-order chi connectivity index (χ0) is 13.5. The van der Waals surface area contributed by atoms with Crippen molar-refractivity contribution in [2.45, 2.75) is 26.3 Å². The Morgan fingerprint density at radius 3 is 2.89 bits per heavy atom. The van der Waals surface area contributed by atoms with Crippen molar-refractivity contribution in [2.24, 2.45) is 0 Å². The number of hydrogen-bond donors (Lipinski definition) is 3. The Labute approximate surface area is 107 Å². The Morgan fingerprint density at radius 1 is 1.56 bits per heavy atom. The van der Waals surface area contributed by atoms with Crippen molar-refractivity contribution in [1.29, 1.82) is 0 Å². The van der Waals surface area contributed by atoms with Crippen LogP contribution in [0.15, 0.2) is 12.1 Å². The second-order valence-electron chi connectivity index (χ2n) is 3.95. The molecule has 0 aliphatic carbocycles. The fraction of sp³-hybridized carbons (Fsp3) is 0.500. The van der Waals surface area contributed by atoms with Gasteiger partial charge in [0, 0.05) is 6.54 Å². The molecule has 0 radical (unpaired) electrons. The van der Waals surface area contributed by atoms with Crippen molar-refractivity contribution >= 4 is 17.4 Å². The van der Waals surface area contributed by atoms with Crippen LogP contribution >= 0.6 is 0 Å². The first kappa shape index (κ1) is 14.1. The molecule has 1 heterocycles. The first-order valence-electron chi connectivity index (χ1n) is 5.93. The van der Waals surface area contributed by atoms with Crippen molar-refractivity contribution in [3.63, 3.8) is 0 Å². The molecule has 18 heavy (non-hydrogen) atoms. The number of pyridine rings is 1. The van der Waals surface area contributed by atoms with Crippen molar-refractivity contribution in [1.82, 2.24) is 10.3 Å². The number of amides is 1. The fourth-order valence-corrected chi connectivity index (χ4v) is 1.38. The summed E-state index contributed by atoms with van der Waals surface area (Å²) in [6.07, 6.45) is 0.909. The lowest BCUT2D eigenvalue weighted by Gasteiger charge is -2.15. The van der Waals surface area contributed by atoms with Crippen LogP contribution in [0.25, 0.3) is 0 Å². The van der Waals surface area contributed by atoms with E-state index in [1.165, 1.54) is 7.11 Å². The van der Waals surface area contributed by atoms with Gasteiger partial charge in [-0.1, -0.05) is 6.92 Å². The van der Waals surface area contributed by atoms with Gasteiger partial charge in [-0.15, -0.1) is 0 Å². The minimum absolute atomic E-state index is 0.0607. The number of hydrogen-bond acceptors (Lipinski definition) is 5. The number of ether oxygens (including phenoxy) is 1. The summed E-state index contributed by atoms with van der Waals surface area (Å²) in [6, 6.07) is 3.03. The highest BCUT2D eigenvalue weighted by atomic mass is 16.5. The number of aromatic nitrogens is 1. The number of anilines is 2. The molecule has 100 valence electrons. The van der Waals surface area contributed by atoms with Gasteiger partial charge in [-0.2, -0.15) is 4.98 Å². The highest BCUT2D eigenvalue weighted by Crippen LogP contribution is 2.20. The number of nitrogens with zero attached hydrogens (tertiary/aromatic N) is 1. The Bertz CT molecular complexity index is 409. The van der Waals surface area contributed by atoms with Gasteiger partial charge in [0.2, 0.25) is 11.8 Å². The molecule has 1 rings (SSSR count). The Morgan fingerprint density at radius 2 is 2.28 bits per heavy atom. The van der Waals surface area contributed by atoms with E-state index in [0.717, 1.165) is 6.42 Å². The van der Waals surface area contributed by atoms with E-state index < -0.39 is 0 Å². The third-order valence-corrected chi connectivity index (χ3v) is 2.39. The van der Waals surface area contributed by atoms with Gasteiger partial charge >= 0.3 is 0 Å². The maximum absolute atomic E-state index is 11.7. The van der Waals surface area contributed by atoms with E-state index in [1.54, 1.807) is 19.1 Å². The van der Waals surface area contributed by atoms with Crippen LogP contribution in [0.2, 0.25) is 0 Å². The highest BCUT2D eigenvalue weighted by molar-refractivity contribution is 5.83. The Balaban J connectivity index is 2.64. The molecule has 0 aliphatic heterocycles. The SMILES string of the molecule is CCCNC(=O)C(C)Nc1ccc(N)c(OC)n1. The summed E-state index contributed by atoms with van der Waals surface area (Å²) in [4.78, 5) is 15.8. The van der Waals surface area contributed by atoms with E-state index in [1.807, 2.05) is 6.92 Å². The number of nitrogens with two attached hydrogens (primary N) is 1. The van der Waals surface area contributed by atoms with E-state index in [2.05, 4.69) is 15.6 Å². The molecule has 0 spiro atoms. The number of nitrogen functional groups attached to an aromatic ring is 1. The first-order valence-corrected chi connectivity index (χ1v) is 5.93. The third-order valence-electron chi connectivity index (χ3n) is 2.39. The lowest BCUT2D eigenvalue weighted by Crippen LogP contribution is -2.38. The summed E-state index contributed by atoms with van der Waals surface area (Å²) in [7, 11) is 1.50. The lowest BCUT2D eigenvalue weighted by molar-refractivity contribution is -0.121. The quantitative estimate of drug-likeness (QED) is 0.702. The van der Waals surface area contributed by atoms with Gasteiger partial charge in [-0.25, -0.2) is 0 Å². The average Bonchev–Trinajstić information content (AvgIpc) is 2.37. The largest absolute Gasteiger partial charge is 0.479 e. The smallest absolute Gasteiger partial charge is 0.242 e. The number of carbonyl (C=O) groups is 1. The maximum atomic E-state index is 11.7. The van der Waals surface area contributed by atoms with Crippen LogP contribution in [0, 0.1) is 0 Å². The zero-order valence-electron chi connectivity index (χ0n) is 11.0. The zero-order valence-corrected chi connectivity index (χ0v) is 11.0. The fourth-order valence-electron chi connectivity index (χ4n) is 1.38. The predicted molar refractivity (Wildman–Crippen MR) is 71.6 cm³/mol. The molecular weight excluding hydrogens is 232 g/mol. The molecule has 0 aliphatic rings. The molecule has 0 bridgehead atoms. The molecule has 1 amide bonds.